The number of primary amides is 1. The van der Waals surface area contributed by atoms with Crippen molar-refractivity contribution < 1.29 is 14.3 Å². The molecule has 0 saturated heterocycles. The van der Waals surface area contributed by atoms with E-state index in [0.29, 0.717) is 12.8 Å². The Morgan fingerprint density at radius 2 is 1.74 bits per heavy atom. The summed E-state index contributed by atoms with van der Waals surface area (Å²) < 4.78 is 5.00. The number of halogens is 3. The summed E-state index contributed by atoms with van der Waals surface area (Å²) in [5, 5.41) is 0.0404. The van der Waals surface area contributed by atoms with E-state index in [1.165, 1.54) is 0 Å². The lowest BCUT2D eigenvalue weighted by atomic mass is 9.82. The van der Waals surface area contributed by atoms with E-state index in [1.807, 2.05) is 12.2 Å². The molecule has 0 aliphatic heterocycles. The molecule has 106 valence electrons. The van der Waals surface area contributed by atoms with Crippen LogP contribution in [0.2, 0.25) is 0 Å². The maximum Gasteiger partial charge on any atom is 0.310 e. The molecule has 0 fully saturated rings. The highest BCUT2D eigenvalue weighted by molar-refractivity contribution is 6.59. The Labute approximate surface area is 126 Å². The Balaban J connectivity index is 2.74. The van der Waals surface area contributed by atoms with Gasteiger partial charge in [-0.25, -0.2) is 0 Å². The van der Waals surface area contributed by atoms with Crippen LogP contribution in [0.1, 0.15) is 19.8 Å². The van der Waals surface area contributed by atoms with E-state index < -0.39 is 29.8 Å². The number of esters is 1. The SMILES string of the molecule is C[C@@H](OC(=O)[C@@H]1CC=CC[C@@H]1C(N)=O)C(Cl)=C(Cl)Cl. The third-order valence-electron chi connectivity index (χ3n) is 2.93. The summed E-state index contributed by atoms with van der Waals surface area (Å²) >= 11 is 16.8. The van der Waals surface area contributed by atoms with E-state index in [1.54, 1.807) is 6.92 Å². The third kappa shape index (κ3) is 4.41. The lowest BCUT2D eigenvalue weighted by Gasteiger charge is -2.25. The second-order valence-corrected chi connectivity index (χ2v) is 5.60. The monoisotopic (exact) mass is 325 g/mol. The van der Waals surface area contributed by atoms with Crippen LogP contribution in [0.3, 0.4) is 0 Å². The molecule has 0 aromatic heterocycles. The summed E-state index contributed by atoms with van der Waals surface area (Å²) in [4.78, 5) is 23.3. The number of carbonyl (C=O) groups excluding carboxylic acids is 2. The number of nitrogens with two attached hydrogens (primary N) is 1. The Bertz CT molecular complexity index is 430. The predicted octanol–water partition coefficient (Wildman–Crippen LogP) is 2.87. The molecule has 0 heterocycles. The van der Waals surface area contributed by atoms with Crippen molar-refractivity contribution in [3.05, 3.63) is 21.7 Å². The Hall–Kier alpha value is -0.710. The van der Waals surface area contributed by atoms with Crippen molar-refractivity contribution >= 4 is 46.7 Å². The largest absolute Gasteiger partial charge is 0.457 e. The Kier molecular flexibility index (Phi) is 6.17. The number of hydrogen-bond donors (Lipinski definition) is 1. The molecule has 2 N–H and O–H groups in total. The van der Waals surface area contributed by atoms with E-state index in [0.717, 1.165) is 0 Å². The lowest BCUT2D eigenvalue weighted by molar-refractivity contribution is -0.155. The van der Waals surface area contributed by atoms with Crippen LogP contribution in [0, 0.1) is 11.8 Å². The number of hydrogen-bond acceptors (Lipinski definition) is 3. The second-order valence-electron chi connectivity index (χ2n) is 4.25. The molecule has 0 aromatic rings. The quantitative estimate of drug-likeness (QED) is 0.638. The Morgan fingerprint density at radius 3 is 2.21 bits per heavy atom. The van der Waals surface area contributed by atoms with Crippen LogP contribution >= 0.6 is 34.8 Å². The topological polar surface area (TPSA) is 69.4 Å². The molecule has 0 bridgehead atoms. The Morgan fingerprint density at radius 1 is 1.21 bits per heavy atom. The fourth-order valence-corrected chi connectivity index (χ4v) is 2.21. The highest BCUT2D eigenvalue weighted by Crippen LogP contribution is 2.29. The van der Waals surface area contributed by atoms with Crippen LogP contribution in [0.4, 0.5) is 0 Å². The number of amides is 1. The van der Waals surface area contributed by atoms with E-state index in [4.69, 9.17) is 45.3 Å². The van der Waals surface area contributed by atoms with Crippen molar-refractivity contribution in [2.45, 2.75) is 25.9 Å². The first-order valence-electron chi connectivity index (χ1n) is 5.70. The smallest absolute Gasteiger partial charge is 0.310 e. The predicted molar refractivity (Wildman–Crippen MR) is 74.7 cm³/mol. The first-order valence-corrected chi connectivity index (χ1v) is 6.83. The molecule has 19 heavy (non-hydrogen) atoms. The van der Waals surface area contributed by atoms with Gasteiger partial charge in [0.05, 0.1) is 16.9 Å². The molecular formula is C12H14Cl3NO3. The molecule has 0 aromatic carbocycles. The van der Waals surface area contributed by atoms with E-state index >= 15 is 0 Å². The minimum atomic E-state index is -0.765. The molecule has 1 rings (SSSR count). The van der Waals surface area contributed by atoms with Crippen molar-refractivity contribution in [2.75, 3.05) is 0 Å². The first-order chi connectivity index (χ1) is 8.84. The minimum absolute atomic E-state index is 0.0404. The number of carbonyl (C=O) groups is 2. The highest BCUT2D eigenvalue weighted by atomic mass is 35.5. The molecule has 0 unspecified atom stereocenters. The van der Waals surface area contributed by atoms with Gasteiger partial charge in [-0.15, -0.1) is 0 Å². The van der Waals surface area contributed by atoms with Crippen molar-refractivity contribution in [1.29, 1.82) is 0 Å². The van der Waals surface area contributed by atoms with Crippen LogP contribution < -0.4 is 5.73 Å². The fraction of sp³-hybridized carbons (Fsp3) is 0.500. The first kappa shape index (κ1) is 16.3. The second kappa shape index (κ2) is 7.17. The lowest BCUT2D eigenvalue weighted by Crippen LogP contribution is -2.37. The van der Waals surface area contributed by atoms with Crippen molar-refractivity contribution in [2.24, 2.45) is 17.6 Å². The molecule has 0 saturated carbocycles. The molecule has 7 heteroatoms. The average Bonchev–Trinajstić information content (AvgIpc) is 2.37. The van der Waals surface area contributed by atoms with Crippen LogP contribution in [-0.2, 0) is 14.3 Å². The zero-order valence-electron chi connectivity index (χ0n) is 10.2. The van der Waals surface area contributed by atoms with Gasteiger partial charge in [-0.2, -0.15) is 0 Å². The van der Waals surface area contributed by atoms with Crippen molar-refractivity contribution in [1.82, 2.24) is 0 Å². The van der Waals surface area contributed by atoms with Gasteiger partial charge in [-0.1, -0.05) is 47.0 Å². The van der Waals surface area contributed by atoms with Gasteiger partial charge in [0, 0.05) is 0 Å². The van der Waals surface area contributed by atoms with E-state index in [2.05, 4.69) is 0 Å². The van der Waals surface area contributed by atoms with Gasteiger partial charge in [-0.3, -0.25) is 9.59 Å². The fourth-order valence-electron chi connectivity index (χ4n) is 1.86. The number of rotatable bonds is 4. The van der Waals surface area contributed by atoms with E-state index in [-0.39, 0.29) is 9.52 Å². The van der Waals surface area contributed by atoms with Gasteiger partial charge in [0.1, 0.15) is 10.6 Å². The molecule has 1 amide bonds. The highest BCUT2D eigenvalue weighted by Gasteiger charge is 2.34. The molecule has 4 nitrogen and oxygen atoms in total. The third-order valence-corrected chi connectivity index (χ3v) is 4.03. The summed E-state index contributed by atoms with van der Waals surface area (Å²) in [6.07, 6.45) is 3.73. The van der Waals surface area contributed by atoms with Crippen molar-refractivity contribution in [3.8, 4) is 0 Å². The van der Waals surface area contributed by atoms with Gasteiger partial charge in [0.25, 0.3) is 0 Å². The van der Waals surface area contributed by atoms with Crippen LogP contribution in [0.25, 0.3) is 0 Å². The molecule has 3 atom stereocenters. The normalized spacial score (nSPS) is 23.6. The van der Waals surface area contributed by atoms with Gasteiger partial charge in [-0.05, 0) is 19.8 Å². The molecule has 1 aliphatic rings. The summed E-state index contributed by atoms with van der Waals surface area (Å²) in [6.45, 7) is 1.54. The van der Waals surface area contributed by atoms with Gasteiger partial charge in [0.15, 0.2) is 0 Å². The molecule has 1 aliphatic carbocycles. The summed E-state index contributed by atoms with van der Waals surface area (Å²) in [7, 11) is 0. The minimum Gasteiger partial charge on any atom is -0.457 e. The summed E-state index contributed by atoms with van der Waals surface area (Å²) in [5.41, 5.74) is 5.28. The maximum absolute atomic E-state index is 12.0. The van der Waals surface area contributed by atoms with Gasteiger partial charge < -0.3 is 10.5 Å². The van der Waals surface area contributed by atoms with Crippen LogP contribution in [-0.4, -0.2) is 18.0 Å². The number of allylic oxidation sites excluding steroid dienone is 2. The maximum atomic E-state index is 12.0. The van der Waals surface area contributed by atoms with E-state index in [9.17, 15) is 9.59 Å². The zero-order chi connectivity index (χ0) is 14.6. The summed E-state index contributed by atoms with van der Waals surface area (Å²) in [5.74, 6) is -2.20. The molecule has 0 spiro atoms. The average molecular weight is 327 g/mol. The standard InChI is InChI=1S/C12H14Cl3NO3/c1-6(9(13)10(14)15)19-12(18)8-5-3-2-4-7(8)11(16)17/h2-3,6-8H,4-5H2,1H3,(H2,16,17)/t6-,7+,8-/m1/s1. The molecular weight excluding hydrogens is 312 g/mol. The van der Waals surface area contributed by atoms with Crippen molar-refractivity contribution in [3.63, 3.8) is 0 Å². The van der Waals surface area contributed by atoms with Crippen LogP contribution in [0.5, 0.6) is 0 Å². The zero-order valence-corrected chi connectivity index (χ0v) is 12.5. The van der Waals surface area contributed by atoms with Crippen LogP contribution in [0.15, 0.2) is 21.7 Å². The molecule has 0 radical (unpaired) electrons. The van der Waals surface area contributed by atoms with Gasteiger partial charge in [0.2, 0.25) is 5.91 Å². The van der Waals surface area contributed by atoms with Gasteiger partial charge >= 0.3 is 5.97 Å². The number of ether oxygens (including phenoxy) is 1. The summed E-state index contributed by atoms with van der Waals surface area (Å²) in [6, 6.07) is 0.